The lowest BCUT2D eigenvalue weighted by Gasteiger charge is -2.10. The van der Waals surface area contributed by atoms with Crippen molar-refractivity contribution in [1.82, 2.24) is 5.32 Å². The molecular formula is C14H19ClINO. The van der Waals surface area contributed by atoms with Crippen LogP contribution < -0.4 is 5.32 Å². The summed E-state index contributed by atoms with van der Waals surface area (Å²) in [6.07, 6.45) is 2.02. The van der Waals surface area contributed by atoms with Gasteiger partial charge in [-0.15, -0.1) is 11.6 Å². The quantitative estimate of drug-likeness (QED) is 0.452. The van der Waals surface area contributed by atoms with E-state index in [1.165, 1.54) is 0 Å². The summed E-state index contributed by atoms with van der Waals surface area (Å²) in [5.41, 5.74) is 1.90. The third kappa shape index (κ3) is 4.76. The third-order valence-corrected chi connectivity index (χ3v) is 4.82. The molecule has 0 aliphatic rings. The molecule has 0 aromatic heterocycles. The minimum atomic E-state index is 0.0154. The Morgan fingerprint density at radius 1 is 1.50 bits per heavy atom. The Morgan fingerprint density at radius 3 is 2.89 bits per heavy atom. The Morgan fingerprint density at radius 2 is 2.22 bits per heavy atom. The number of hydrogen-bond acceptors (Lipinski definition) is 1. The van der Waals surface area contributed by atoms with Gasteiger partial charge in [0.1, 0.15) is 0 Å². The summed E-state index contributed by atoms with van der Waals surface area (Å²) in [5, 5.41) is 2.96. The van der Waals surface area contributed by atoms with Crippen molar-refractivity contribution in [1.29, 1.82) is 0 Å². The average Bonchev–Trinajstić information content (AvgIpc) is 2.37. The molecule has 0 aliphatic carbocycles. The van der Waals surface area contributed by atoms with Crippen LogP contribution in [-0.4, -0.2) is 18.3 Å². The second kappa shape index (κ2) is 8.00. The highest BCUT2D eigenvalue weighted by Crippen LogP contribution is 2.16. The van der Waals surface area contributed by atoms with Crippen molar-refractivity contribution in [2.45, 2.75) is 26.7 Å². The fraction of sp³-hybridized carbons (Fsp3) is 0.500. The van der Waals surface area contributed by atoms with Crippen LogP contribution in [0.5, 0.6) is 0 Å². The lowest BCUT2D eigenvalue weighted by molar-refractivity contribution is 0.0951. The SMILES string of the molecule is Cc1cccc(C(=O)NCCCC(C)CCl)c1I. The van der Waals surface area contributed by atoms with Gasteiger partial charge in [-0.2, -0.15) is 0 Å². The van der Waals surface area contributed by atoms with E-state index in [0.29, 0.717) is 18.3 Å². The number of benzene rings is 1. The number of nitrogens with one attached hydrogen (secondary N) is 1. The monoisotopic (exact) mass is 379 g/mol. The van der Waals surface area contributed by atoms with Crippen molar-refractivity contribution < 1.29 is 4.79 Å². The molecule has 2 nitrogen and oxygen atoms in total. The van der Waals surface area contributed by atoms with Gasteiger partial charge >= 0.3 is 0 Å². The molecule has 0 bridgehead atoms. The van der Waals surface area contributed by atoms with E-state index in [4.69, 9.17) is 11.6 Å². The van der Waals surface area contributed by atoms with Crippen LogP contribution in [-0.2, 0) is 0 Å². The second-order valence-corrected chi connectivity index (χ2v) is 5.98. The molecular weight excluding hydrogens is 361 g/mol. The van der Waals surface area contributed by atoms with Crippen LogP contribution in [0.1, 0.15) is 35.7 Å². The number of amides is 1. The molecule has 100 valence electrons. The maximum Gasteiger partial charge on any atom is 0.252 e. The highest BCUT2D eigenvalue weighted by molar-refractivity contribution is 14.1. The molecule has 0 saturated carbocycles. The number of carbonyl (C=O) groups is 1. The van der Waals surface area contributed by atoms with Gasteiger partial charge in [0.25, 0.3) is 5.91 Å². The van der Waals surface area contributed by atoms with Gasteiger partial charge in [-0.05, 0) is 59.9 Å². The van der Waals surface area contributed by atoms with Crippen LogP contribution in [0.25, 0.3) is 0 Å². The minimum absolute atomic E-state index is 0.0154. The Bertz CT molecular complexity index is 409. The molecule has 0 aliphatic heterocycles. The average molecular weight is 380 g/mol. The first kappa shape index (κ1) is 15.8. The third-order valence-electron chi connectivity index (χ3n) is 2.86. The number of hydrogen-bond donors (Lipinski definition) is 1. The maximum atomic E-state index is 12.0. The number of carbonyl (C=O) groups excluding carboxylic acids is 1. The van der Waals surface area contributed by atoms with Crippen molar-refractivity contribution in [3.05, 3.63) is 32.9 Å². The van der Waals surface area contributed by atoms with Gasteiger partial charge in [-0.25, -0.2) is 0 Å². The number of halogens is 2. The van der Waals surface area contributed by atoms with Crippen LogP contribution in [0, 0.1) is 16.4 Å². The van der Waals surface area contributed by atoms with Crippen LogP contribution in [0.3, 0.4) is 0 Å². The van der Waals surface area contributed by atoms with Gasteiger partial charge in [-0.3, -0.25) is 4.79 Å². The molecule has 0 saturated heterocycles. The highest BCUT2D eigenvalue weighted by Gasteiger charge is 2.10. The number of alkyl halides is 1. The smallest absolute Gasteiger partial charge is 0.252 e. The van der Waals surface area contributed by atoms with E-state index in [-0.39, 0.29) is 5.91 Å². The molecule has 1 atom stereocenters. The van der Waals surface area contributed by atoms with E-state index < -0.39 is 0 Å². The van der Waals surface area contributed by atoms with Crippen LogP contribution in [0.4, 0.5) is 0 Å². The highest BCUT2D eigenvalue weighted by atomic mass is 127. The molecule has 1 N–H and O–H groups in total. The molecule has 1 aromatic rings. The van der Waals surface area contributed by atoms with E-state index in [0.717, 1.165) is 27.5 Å². The number of rotatable bonds is 6. The van der Waals surface area contributed by atoms with Gasteiger partial charge in [0.05, 0.1) is 5.56 Å². The predicted molar refractivity (Wildman–Crippen MR) is 85.3 cm³/mol. The topological polar surface area (TPSA) is 29.1 Å². The standard InChI is InChI=1S/C14H19ClINO/c1-10(9-15)5-4-8-17-14(18)12-7-3-6-11(2)13(12)16/h3,6-7,10H,4-5,8-9H2,1-2H3,(H,17,18). The van der Waals surface area contributed by atoms with Gasteiger partial charge in [0.15, 0.2) is 0 Å². The van der Waals surface area contributed by atoms with Crippen molar-refractivity contribution in [2.75, 3.05) is 12.4 Å². The summed E-state index contributed by atoms with van der Waals surface area (Å²) in [6, 6.07) is 5.80. The lowest BCUT2D eigenvalue weighted by atomic mass is 10.1. The van der Waals surface area contributed by atoms with Gasteiger partial charge in [0.2, 0.25) is 0 Å². The van der Waals surface area contributed by atoms with Crippen LogP contribution in [0.15, 0.2) is 18.2 Å². The van der Waals surface area contributed by atoms with Gasteiger partial charge in [-0.1, -0.05) is 19.1 Å². The van der Waals surface area contributed by atoms with E-state index in [1.807, 2.05) is 25.1 Å². The molecule has 0 heterocycles. The molecule has 0 spiro atoms. The Labute approximate surface area is 128 Å². The Kier molecular flexibility index (Phi) is 7.00. The van der Waals surface area contributed by atoms with Crippen molar-refractivity contribution in [3.63, 3.8) is 0 Å². The van der Waals surface area contributed by atoms with E-state index in [2.05, 4.69) is 34.8 Å². The van der Waals surface area contributed by atoms with Crippen LogP contribution >= 0.6 is 34.2 Å². The van der Waals surface area contributed by atoms with Crippen LogP contribution in [0.2, 0.25) is 0 Å². The normalized spacial score (nSPS) is 12.2. The predicted octanol–water partition coefficient (Wildman–Crippen LogP) is 3.98. The summed E-state index contributed by atoms with van der Waals surface area (Å²) >= 11 is 7.96. The molecule has 1 unspecified atom stereocenters. The first-order valence-corrected chi connectivity index (χ1v) is 7.77. The minimum Gasteiger partial charge on any atom is -0.352 e. The zero-order valence-electron chi connectivity index (χ0n) is 10.8. The van der Waals surface area contributed by atoms with Crippen molar-refractivity contribution >= 4 is 40.1 Å². The number of aryl methyl sites for hydroxylation is 1. The lowest BCUT2D eigenvalue weighted by Crippen LogP contribution is -2.25. The fourth-order valence-corrected chi connectivity index (χ4v) is 2.41. The Hall–Kier alpha value is -0.290. The second-order valence-electron chi connectivity index (χ2n) is 4.59. The molecule has 1 rings (SSSR count). The zero-order valence-corrected chi connectivity index (χ0v) is 13.7. The van der Waals surface area contributed by atoms with Gasteiger partial charge < -0.3 is 5.32 Å². The molecule has 1 amide bonds. The van der Waals surface area contributed by atoms with Crippen molar-refractivity contribution in [2.24, 2.45) is 5.92 Å². The molecule has 4 heteroatoms. The summed E-state index contributed by atoms with van der Waals surface area (Å²) in [6.45, 7) is 4.85. The van der Waals surface area contributed by atoms with E-state index >= 15 is 0 Å². The zero-order chi connectivity index (χ0) is 13.5. The van der Waals surface area contributed by atoms with Crippen molar-refractivity contribution in [3.8, 4) is 0 Å². The fourth-order valence-electron chi connectivity index (χ4n) is 1.65. The summed E-state index contributed by atoms with van der Waals surface area (Å²) in [7, 11) is 0. The molecule has 0 fully saturated rings. The summed E-state index contributed by atoms with van der Waals surface area (Å²) in [5.74, 6) is 1.22. The Balaban J connectivity index is 2.44. The molecule has 1 aromatic carbocycles. The van der Waals surface area contributed by atoms with E-state index in [1.54, 1.807) is 0 Å². The maximum absolute atomic E-state index is 12.0. The summed E-state index contributed by atoms with van der Waals surface area (Å²) < 4.78 is 1.03. The first-order chi connectivity index (χ1) is 8.56. The molecule has 18 heavy (non-hydrogen) atoms. The first-order valence-electron chi connectivity index (χ1n) is 6.15. The largest absolute Gasteiger partial charge is 0.352 e. The molecule has 0 radical (unpaired) electrons. The van der Waals surface area contributed by atoms with E-state index in [9.17, 15) is 4.79 Å². The van der Waals surface area contributed by atoms with Gasteiger partial charge in [0, 0.05) is 16.0 Å². The summed E-state index contributed by atoms with van der Waals surface area (Å²) in [4.78, 5) is 12.0.